The summed E-state index contributed by atoms with van der Waals surface area (Å²) in [6.07, 6.45) is -4.90. The lowest BCUT2D eigenvalue weighted by Gasteiger charge is -2.11. The van der Waals surface area contributed by atoms with Crippen LogP contribution in [0.1, 0.15) is 5.76 Å². The van der Waals surface area contributed by atoms with Crippen molar-refractivity contribution in [2.75, 3.05) is 0 Å². The summed E-state index contributed by atoms with van der Waals surface area (Å²) in [7, 11) is 0. The van der Waals surface area contributed by atoms with Crippen LogP contribution < -0.4 is 5.43 Å². The third-order valence-electron chi connectivity index (χ3n) is 3.91. The Morgan fingerprint density at radius 3 is 2.52 bits per heavy atom. The summed E-state index contributed by atoms with van der Waals surface area (Å²) < 4.78 is 45.6. The van der Waals surface area contributed by atoms with E-state index in [1.165, 1.54) is 17.5 Å². The van der Waals surface area contributed by atoms with E-state index in [1.807, 2.05) is 6.07 Å². The van der Waals surface area contributed by atoms with Gasteiger partial charge in [-0.1, -0.05) is 30.3 Å². The van der Waals surface area contributed by atoms with Crippen LogP contribution in [0.3, 0.4) is 0 Å². The molecule has 0 radical (unpaired) electrons. The zero-order valence-corrected chi connectivity index (χ0v) is 14.3. The summed E-state index contributed by atoms with van der Waals surface area (Å²) in [4.78, 5) is 17.0. The number of halogens is 3. The molecular formula is C19H10F3NO3S. The highest BCUT2D eigenvalue weighted by atomic mass is 32.1. The maximum atomic E-state index is 13.6. The number of nitrogens with zero attached hydrogens (tertiary/aromatic N) is 1. The van der Waals surface area contributed by atoms with Crippen molar-refractivity contribution in [3.05, 3.63) is 69.9 Å². The number of hydrogen-bond acceptors (Lipinski definition) is 5. The van der Waals surface area contributed by atoms with Crippen LogP contribution in [0, 0.1) is 0 Å². The van der Waals surface area contributed by atoms with Crippen LogP contribution in [-0.2, 0) is 6.18 Å². The van der Waals surface area contributed by atoms with Gasteiger partial charge in [-0.3, -0.25) is 4.79 Å². The molecule has 1 N–H and O–H groups in total. The lowest BCUT2D eigenvalue weighted by atomic mass is 10.1. The van der Waals surface area contributed by atoms with E-state index < -0.39 is 22.9 Å². The van der Waals surface area contributed by atoms with E-state index in [2.05, 4.69) is 4.98 Å². The van der Waals surface area contributed by atoms with Crippen molar-refractivity contribution in [2.45, 2.75) is 6.18 Å². The predicted molar refractivity (Wildman–Crippen MR) is 95.7 cm³/mol. The molecule has 0 amide bonds. The molecule has 0 bridgehead atoms. The SMILES string of the molecule is O=c1c(-c2csc(-c3ccccc3)n2)c(C(F)(F)F)oc2cc(O)ccc12. The third-order valence-corrected chi connectivity index (χ3v) is 4.81. The summed E-state index contributed by atoms with van der Waals surface area (Å²) in [5.74, 6) is -1.73. The van der Waals surface area contributed by atoms with Crippen molar-refractivity contribution in [2.24, 2.45) is 0 Å². The number of aromatic nitrogens is 1. The molecule has 0 aliphatic heterocycles. The summed E-state index contributed by atoms with van der Waals surface area (Å²) in [6.45, 7) is 0. The standard InChI is InChI=1S/C19H10F3NO3S/c20-19(21,22)17-15(16(25)12-7-6-11(24)8-14(12)26-17)13-9-27-18(23-13)10-4-2-1-3-5-10/h1-9,24H. The maximum Gasteiger partial charge on any atom is 0.450 e. The molecule has 0 fully saturated rings. The molecular weight excluding hydrogens is 379 g/mol. The first-order chi connectivity index (χ1) is 12.8. The number of thiazole rings is 1. The van der Waals surface area contributed by atoms with Crippen molar-refractivity contribution in [1.29, 1.82) is 0 Å². The molecule has 0 atom stereocenters. The second-order valence-corrected chi connectivity index (χ2v) is 6.58. The fourth-order valence-electron chi connectivity index (χ4n) is 2.72. The molecule has 136 valence electrons. The number of fused-ring (bicyclic) bond motifs is 1. The zero-order chi connectivity index (χ0) is 19.2. The van der Waals surface area contributed by atoms with Gasteiger partial charge in [-0.05, 0) is 12.1 Å². The molecule has 4 rings (SSSR count). The van der Waals surface area contributed by atoms with Crippen LogP contribution >= 0.6 is 11.3 Å². The van der Waals surface area contributed by atoms with Crippen LogP contribution in [0.4, 0.5) is 13.2 Å². The monoisotopic (exact) mass is 389 g/mol. The van der Waals surface area contributed by atoms with Gasteiger partial charge >= 0.3 is 6.18 Å². The van der Waals surface area contributed by atoms with Crippen molar-refractivity contribution in [1.82, 2.24) is 4.98 Å². The van der Waals surface area contributed by atoms with Crippen molar-refractivity contribution in [3.8, 4) is 27.6 Å². The lowest BCUT2D eigenvalue weighted by Crippen LogP contribution is -2.16. The van der Waals surface area contributed by atoms with Gasteiger partial charge in [-0.2, -0.15) is 13.2 Å². The number of phenols is 1. The molecule has 2 aromatic carbocycles. The van der Waals surface area contributed by atoms with Crippen molar-refractivity contribution in [3.63, 3.8) is 0 Å². The molecule has 0 unspecified atom stereocenters. The van der Waals surface area contributed by atoms with Crippen LogP contribution in [0.25, 0.3) is 32.8 Å². The molecule has 8 heteroatoms. The Labute approximate surface area is 154 Å². The molecule has 0 aliphatic carbocycles. The Morgan fingerprint density at radius 2 is 1.81 bits per heavy atom. The van der Waals surface area contributed by atoms with E-state index in [-0.39, 0.29) is 22.4 Å². The fraction of sp³-hybridized carbons (Fsp3) is 0.0526. The molecule has 0 aliphatic rings. The smallest absolute Gasteiger partial charge is 0.450 e. The minimum absolute atomic E-state index is 0.0648. The van der Waals surface area contributed by atoms with Crippen LogP contribution in [-0.4, -0.2) is 10.1 Å². The van der Waals surface area contributed by atoms with Gasteiger partial charge in [-0.25, -0.2) is 4.98 Å². The normalized spacial score (nSPS) is 11.8. The molecule has 0 saturated carbocycles. The van der Waals surface area contributed by atoms with Crippen molar-refractivity contribution >= 4 is 22.3 Å². The average Bonchev–Trinajstić information content (AvgIpc) is 3.11. The molecule has 27 heavy (non-hydrogen) atoms. The van der Waals surface area contributed by atoms with Gasteiger partial charge < -0.3 is 9.52 Å². The van der Waals surface area contributed by atoms with Gasteiger partial charge in [0.1, 0.15) is 16.3 Å². The first-order valence-electron chi connectivity index (χ1n) is 7.73. The summed E-state index contributed by atoms with van der Waals surface area (Å²) in [6, 6.07) is 12.4. The Balaban J connectivity index is 1.98. The van der Waals surface area contributed by atoms with Gasteiger partial charge in [0.05, 0.1) is 16.6 Å². The molecule has 4 aromatic rings. The van der Waals surface area contributed by atoms with Gasteiger partial charge in [0.2, 0.25) is 11.2 Å². The average molecular weight is 389 g/mol. The zero-order valence-electron chi connectivity index (χ0n) is 13.4. The summed E-state index contributed by atoms with van der Waals surface area (Å²) in [5, 5.41) is 11.3. The van der Waals surface area contributed by atoms with E-state index in [0.29, 0.717) is 5.01 Å². The Hall–Kier alpha value is -3.13. The highest BCUT2D eigenvalue weighted by molar-refractivity contribution is 7.13. The van der Waals surface area contributed by atoms with Crippen LogP contribution in [0.2, 0.25) is 0 Å². The van der Waals surface area contributed by atoms with E-state index in [9.17, 15) is 23.1 Å². The Bertz CT molecular complexity index is 1200. The number of benzene rings is 2. The minimum atomic E-state index is -4.90. The molecule has 2 heterocycles. The lowest BCUT2D eigenvalue weighted by molar-refractivity contribution is -0.152. The first kappa shape index (κ1) is 17.3. The highest BCUT2D eigenvalue weighted by Gasteiger charge is 2.40. The van der Waals surface area contributed by atoms with Gasteiger partial charge in [0, 0.05) is 17.0 Å². The number of alkyl halides is 3. The van der Waals surface area contributed by atoms with Crippen molar-refractivity contribution < 1.29 is 22.7 Å². The molecule has 0 spiro atoms. The van der Waals surface area contributed by atoms with Gasteiger partial charge in [0.25, 0.3) is 0 Å². The first-order valence-corrected chi connectivity index (χ1v) is 8.61. The number of phenolic OH excluding ortho intramolecular Hbond substituents is 1. The highest BCUT2D eigenvalue weighted by Crippen LogP contribution is 2.38. The Morgan fingerprint density at radius 1 is 1.07 bits per heavy atom. The largest absolute Gasteiger partial charge is 0.508 e. The van der Waals surface area contributed by atoms with Gasteiger partial charge in [-0.15, -0.1) is 11.3 Å². The van der Waals surface area contributed by atoms with Crippen LogP contribution in [0.5, 0.6) is 5.75 Å². The molecule has 4 nitrogen and oxygen atoms in total. The quantitative estimate of drug-likeness (QED) is 0.505. The van der Waals surface area contributed by atoms with E-state index >= 15 is 0 Å². The summed E-state index contributed by atoms with van der Waals surface area (Å²) in [5.41, 5.74) is -1.20. The Kier molecular flexibility index (Phi) is 4.00. The molecule has 2 aromatic heterocycles. The predicted octanol–water partition coefficient (Wildman–Crippen LogP) is 5.31. The fourth-order valence-corrected chi connectivity index (χ4v) is 3.53. The second kappa shape index (κ2) is 6.24. The third kappa shape index (κ3) is 3.08. The van der Waals surface area contributed by atoms with E-state index in [1.54, 1.807) is 24.3 Å². The second-order valence-electron chi connectivity index (χ2n) is 5.72. The number of aromatic hydroxyl groups is 1. The van der Waals surface area contributed by atoms with E-state index in [4.69, 9.17) is 4.42 Å². The topological polar surface area (TPSA) is 63.3 Å². The number of rotatable bonds is 2. The summed E-state index contributed by atoms with van der Waals surface area (Å²) >= 11 is 1.13. The van der Waals surface area contributed by atoms with Crippen LogP contribution in [0.15, 0.2) is 63.1 Å². The number of hydrogen-bond donors (Lipinski definition) is 1. The maximum absolute atomic E-state index is 13.6. The minimum Gasteiger partial charge on any atom is -0.508 e. The van der Waals surface area contributed by atoms with E-state index in [0.717, 1.165) is 23.0 Å². The van der Waals surface area contributed by atoms with Gasteiger partial charge in [0.15, 0.2) is 0 Å². The molecule has 0 saturated heterocycles.